The Labute approximate surface area is 162 Å². The molecule has 1 unspecified atom stereocenters. The summed E-state index contributed by atoms with van der Waals surface area (Å²) in [4.78, 5) is 40.7. The van der Waals surface area contributed by atoms with Gasteiger partial charge in [-0.1, -0.05) is 30.3 Å². The van der Waals surface area contributed by atoms with Crippen LogP contribution < -0.4 is 10.4 Å². The van der Waals surface area contributed by atoms with E-state index in [0.717, 1.165) is 5.56 Å². The zero-order valence-electron chi connectivity index (χ0n) is 15.6. The lowest BCUT2D eigenvalue weighted by Crippen LogP contribution is -2.74. The predicted octanol–water partition coefficient (Wildman–Crippen LogP) is 0.0764. The SMILES string of the molecule is CC1(C)S[C@@H]2[C@H](N3C(=O)C(c4ccccc4)NC3(C)C)C(=O)N2[C@H]1C(=O)[O-]. The molecule has 3 aliphatic heterocycles. The van der Waals surface area contributed by atoms with Crippen molar-refractivity contribution in [1.29, 1.82) is 0 Å². The number of rotatable bonds is 3. The number of carbonyl (C=O) groups excluding carboxylic acids is 3. The van der Waals surface area contributed by atoms with E-state index in [1.807, 2.05) is 44.2 Å². The fraction of sp³-hybridized carbons (Fsp3) is 0.526. The molecule has 144 valence electrons. The van der Waals surface area contributed by atoms with Gasteiger partial charge in [0.25, 0.3) is 0 Å². The minimum atomic E-state index is -1.26. The van der Waals surface area contributed by atoms with Crippen LogP contribution in [0.15, 0.2) is 30.3 Å². The topological polar surface area (TPSA) is 92.8 Å². The number of nitrogens with zero attached hydrogens (tertiary/aromatic N) is 2. The lowest BCUT2D eigenvalue weighted by atomic mass is 9.94. The maximum absolute atomic E-state index is 13.2. The van der Waals surface area contributed by atoms with Gasteiger partial charge in [-0.15, -0.1) is 11.8 Å². The lowest BCUT2D eigenvalue weighted by Gasteiger charge is -2.51. The number of hydrogen-bond donors (Lipinski definition) is 1. The van der Waals surface area contributed by atoms with Crippen molar-refractivity contribution in [2.45, 2.75) is 61.6 Å². The number of hydrogen-bond acceptors (Lipinski definition) is 6. The average Bonchev–Trinajstić information content (AvgIpc) is 2.98. The molecular weight excluding hydrogens is 366 g/mol. The molecule has 3 aliphatic rings. The summed E-state index contributed by atoms with van der Waals surface area (Å²) < 4.78 is -0.674. The molecule has 0 saturated carbocycles. The third-order valence-corrected chi connectivity index (χ3v) is 7.19. The molecule has 4 atom stereocenters. The highest BCUT2D eigenvalue weighted by atomic mass is 32.2. The summed E-state index contributed by atoms with van der Waals surface area (Å²) in [5, 5.41) is 14.5. The highest BCUT2D eigenvalue weighted by Gasteiger charge is 2.66. The summed E-state index contributed by atoms with van der Waals surface area (Å²) in [5.74, 6) is -1.75. The maximum Gasteiger partial charge on any atom is 0.250 e. The zero-order valence-corrected chi connectivity index (χ0v) is 16.4. The normalized spacial score (nSPS) is 33.8. The summed E-state index contributed by atoms with van der Waals surface area (Å²) in [7, 11) is 0. The van der Waals surface area contributed by atoms with Crippen molar-refractivity contribution in [1.82, 2.24) is 15.1 Å². The smallest absolute Gasteiger partial charge is 0.250 e. The molecular formula is C19H22N3O4S-. The third kappa shape index (κ3) is 2.50. The summed E-state index contributed by atoms with van der Waals surface area (Å²) in [6, 6.07) is 7.19. The van der Waals surface area contributed by atoms with Crippen molar-refractivity contribution in [3.63, 3.8) is 0 Å². The second-order valence-electron chi connectivity index (χ2n) is 8.28. The van der Waals surface area contributed by atoms with Crippen molar-refractivity contribution in [2.75, 3.05) is 0 Å². The Morgan fingerprint density at radius 3 is 2.33 bits per heavy atom. The maximum atomic E-state index is 13.2. The number of β-lactam (4-membered cyclic amide) rings is 1. The first kappa shape index (κ1) is 18.3. The zero-order chi connectivity index (χ0) is 19.7. The summed E-state index contributed by atoms with van der Waals surface area (Å²) in [6.45, 7) is 7.32. The fourth-order valence-electron chi connectivity index (χ4n) is 4.47. The van der Waals surface area contributed by atoms with Gasteiger partial charge in [-0.25, -0.2) is 0 Å². The van der Waals surface area contributed by atoms with Crippen LogP contribution >= 0.6 is 11.8 Å². The molecule has 1 N–H and O–H groups in total. The molecule has 1 aromatic rings. The van der Waals surface area contributed by atoms with Crippen LogP contribution in [0.3, 0.4) is 0 Å². The van der Waals surface area contributed by atoms with Gasteiger partial charge in [-0.3, -0.25) is 14.9 Å². The van der Waals surface area contributed by atoms with Crippen molar-refractivity contribution in [3.8, 4) is 0 Å². The number of aliphatic carboxylic acids is 1. The molecule has 27 heavy (non-hydrogen) atoms. The molecule has 0 spiro atoms. The summed E-state index contributed by atoms with van der Waals surface area (Å²) >= 11 is 1.42. The molecule has 3 heterocycles. The molecule has 1 aromatic carbocycles. The third-order valence-electron chi connectivity index (χ3n) is 5.63. The van der Waals surface area contributed by atoms with E-state index in [9.17, 15) is 19.5 Å². The minimum absolute atomic E-state index is 0.167. The van der Waals surface area contributed by atoms with Crippen LogP contribution in [-0.4, -0.2) is 55.5 Å². The predicted molar refractivity (Wildman–Crippen MR) is 98.1 cm³/mol. The van der Waals surface area contributed by atoms with Crippen molar-refractivity contribution in [3.05, 3.63) is 35.9 Å². The van der Waals surface area contributed by atoms with Gasteiger partial charge >= 0.3 is 0 Å². The quantitative estimate of drug-likeness (QED) is 0.737. The fourth-order valence-corrected chi connectivity index (χ4v) is 6.13. The first-order chi connectivity index (χ1) is 12.6. The molecule has 4 rings (SSSR count). The Morgan fingerprint density at radius 2 is 1.74 bits per heavy atom. The summed E-state index contributed by atoms with van der Waals surface area (Å²) in [6.07, 6.45) is 0. The second-order valence-corrected chi connectivity index (χ2v) is 10.0. The monoisotopic (exact) mass is 388 g/mol. The van der Waals surface area contributed by atoms with Crippen LogP contribution in [0.1, 0.15) is 39.3 Å². The molecule has 0 aromatic heterocycles. The number of carboxylic acids is 1. The Hall–Kier alpha value is -2.06. The Morgan fingerprint density at radius 1 is 1.11 bits per heavy atom. The molecule has 3 fully saturated rings. The first-order valence-corrected chi connectivity index (χ1v) is 9.81. The van der Waals surface area contributed by atoms with Crippen LogP contribution in [0.4, 0.5) is 0 Å². The van der Waals surface area contributed by atoms with Crippen LogP contribution in [0.2, 0.25) is 0 Å². The Bertz CT molecular complexity index is 826. The molecule has 0 aliphatic carbocycles. The van der Waals surface area contributed by atoms with Gasteiger partial charge in [0, 0.05) is 4.75 Å². The van der Waals surface area contributed by atoms with E-state index in [1.54, 1.807) is 18.7 Å². The number of nitrogens with one attached hydrogen (secondary N) is 1. The van der Waals surface area contributed by atoms with E-state index >= 15 is 0 Å². The standard InChI is InChI=1S/C19H23N3O4S/c1-18(2)13(17(25)26)21-15(24)12(16(21)27-18)22-14(23)11(20-19(22,3)4)10-8-6-5-7-9-10/h5-9,11-13,16,20H,1-4H3,(H,25,26)/p-1/t11?,12-,13+,16-/m1/s1. The number of carbonyl (C=O) groups is 3. The van der Waals surface area contributed by atoms with Crippen molar-refractivity contribution >= 4 is 29.5 Å². The number of benzene rings is 1. The number of amides is 2. The molecule has 2 amide bonds. The first-order valence-electron chi connectivity index (χ1n) is 8.93. The molecule has 7 nitrogen and oxygen atoms in total. The van der Waals surface area contributed by atoms with E-state index in [2.05, 4.69) is 5.32 Å². The van der Waals surface area contributed by atoms with Gasteiger partial charge in [-0.2, -0.15) is 0 Å². The van der Waals surface area contributed by atoms with Crippen LogP contribution in [0, 0.1) is 0 Å². The van der Waals surface area contributed by atoms with E-state index in [1.165, 1.54) is 16.7 Å². The van der Waals surface area contributed by atoms with Gasteiger partial charge < -0.3 is 19.7 Å². The van der Waals surface area contributed by atoms with E-state index in [4.69, 9.17) is 0 Å². The molecule has 0 bridgehead atoms. The van der Waals surface area contributed by atoms with Crippen molar-refractivity contribution < 1.29 is 19.5 Å². The molecule has 3 saturated heterocycles. The van der Waals surface area contributed by atoms with Gasteiger partial charge in [0.05, 0.1) is 17.7 Å². The molecule has 8 heteroatoms. The minimum Gasteiger partial charge on any atom is -0.548 e. The lowest BCUT2D eigenvalue weighted by molar-refractivity contribution is -0.312. The second kappa shape index (κ2) is 5.72. The Kier molecular flexibility index (Phi) is 3.88. The number of carboxylic acid groups (broad SMARTS) is 1. The van der Waals surface area contributed by atoms with Gasteiger partial charge in [0.2, 0.25) is 11.8 Å². The number of thioether (sulfide) groups is 1. The highest BCUT2D eigenvalue weighted by molar-refractivity contribution is 8.01. The van der Waals surface area contributed by atoms with Gasteiger partial charge in [0.15, 0.2) is 0 Å². The Balaban J connectivity index is 1.65. The largest absolute Gasteiger partial charge is 0.548 e. The van der Waals surface area contributed by atoms with Gasteiger partial charge in [-0.05, 0) is 33.3 Å². The van der Waals surface area contributed by atoms with Crippen LogP contribution in [0.25, 0.3) is 0 Å². The van der Waals surface area contributed by atoms with Crippen molar-refractivity contribution in [2.24, 2.45) is 0 Å². The average molecular weight is 388 g/mol. The highest BCUT2D eigenvalue weighted by Crippen LogP contribution is 2.53. The van der Waals surface area contributed by atoms with Crippen LogP contribution in [-0.2, 0) is 14.4 Å². The van der Waals surface area contributed by atoms with E-state index in [0.29, 0.717) is 0 Å². The van der Waals surface area contributed by atoms with E-state index in [-0.39, 0.29) is 17.2 Å². The van der Waals surface area contributed by atoms with E-state index < -0.39 is 34.5 Å². The summed E-state index contributed by atoms with van der Waals surface area (Å²) in [5.41, 5.74) is 0.114. The van der Waals surface area contributed by atoms with Crippen LogP contribution in [0.5, 0.6) is 0 Å². The number of fused-ring (bicyclic) bond motifs is 1. The van der Waals surface area contributed by atoms with Gasteiger partial charge in [0.1, 0.15) is 17.5 Å². The molecule has 0 radical (unpaired) electrons.